The molecule has 1 heterocycles. The SMILES string of the molecule is CS[C@@H]1O[C@H]([C@H](N)[C@H](C)O)[C@H](O)[C@H](O)[C@@H]1O. The number of thioether (sulfide) groups is 1. The Morgan fingerprint density at radius 1 is 1.19 bits per heavy atom. The lowest BCUT2D eigenvalue weighted by Crippen LogP contribution is -2.63. The second-order valence-electron chi connectivity index (χ2n) is 3.99. The van der Waals surface area contributed by atoms with E-state index in [9.17, 15) is 20.4 Å². The standard InChI is InChI=1S/C9H19NO5S/c1-3(11)4(10)8-6(13)5(12)7(14)9(15-8)16-2/h3-9,11-14H,10H2,1-2H3/t3-,4+,5-,6+,7-,8+,9-/m0/s1. The molecular formula is C9H19NO5S. The highest BCUT2D eigenvalue weighted by molar-refractivity contribution is 7.99. The zero-order valence-corrected chi connectivity index (χ0v) is 10.0. The molecule has 6 N–H and O–H groups in total. The van der Waals surface area contributed by atoms with E-state index in [1.807, 2.05) is 0 Å². The number of rotatable bonds is 3. The molecule has 1 aliphatic heterocycles. The Labute approximate surface area is 98.4 Å². The maximum atomic E-state index is 9.71. The minimum absolute atomic E-state index is 0.659. The summed E-state index contributed by atoms with van der Waals surface area (Å²) in [5.74, 6) is 0. The van der Waals surface area contributed by atoms with E-state index in [1.165, 1.54) is 18.7 Å². The normalized spacial score (nSPS) is 44.1. The van der Waals surface area contributed by atoms with E-state index in [0.29, 0.717) is 0 Å². The Kier molecular flexibility index (Phi) is 4.99. The number of aliphatic hydroxyl groups is 4. The highest BCUT2D eigenvalue weighted by atomic mass is 32.2. The minimum atomic E-state index is -1.32. The van der Waals surface area contributed by atoms with Crippen molar-refractivity contribution < 1.29 is 25.2 Å². The van der Waals surface area contributed by atoms with Crippen LogP contribution < -0.4 is 5.73 Å². The van der Waals surface area contributed by atoms with Gasteiger partial charge in [-0.25, -0.2) is 0 Å². The van der Waals surface area contributed by atoms with E-state index < -0.39 is 42.0 Å². The Morgan fingerprint density at radius 2 is 1.75 bits per heavy atom. The topological polar surface area (TPSA) is 116 Å². The van der Waals surface area contributed by atoms with Gasteiger partial charge < -0.3 is 30.9 Å². The van der Waals surface area contributed by atoms with Crippen LogP contribution in [0.5, 0.6) is 0 Å². The first kappa shape index (κ1) is 14.2. The number of hydrogen-bond acceptors (Lipinski definition) is 7. The van der Waals surface area contributed by atoms with Crippen molar-refractivity contribution in [1.29, 1.82) is 0 Å². The van der Waals surface area contributed by atoms with Crippen LogP contribution in [0.4, 0.5) is 0 Å². The van der Waals surface area contributed by atoms with Gasteiger partial charge in [-0.05, 0) is 13.2 Å². The van der Waals surface area contributed by atoms with Crippen LogP contribution in [0.2, 0.25) is 0 Å². The fraction of sp³-hybridized carbons (Fsp3) is 1.00. The van der Waals surface area contributed by atoms with Gasteiger partial charge in [0.05, 0.1) is 12.1 Å². The molecule has 1 rings (SSSR count). The number of hydrogen-bond donors (Lipinski definition) is 5. The maximum Gasteiger partial charge on any atom is 0.132 e. The third-order valence-corrected chi connectivity index (χ3v) is 3.63. The molecule has 96 valence electrons. The molecule has 0 radical (unpaired) electrons. The summed E-state index contributed by atoms with van der Waals surface area (Å²) in [7, 11) is 0. The monoisotopic (exact) mass is 253 g/mol. The molecule has 1 saturated heterocycles. The molecule has 1 fully saturated rings. The van der Waals surface area contributed by atoms with Crippen molar-refractivity contribution in [3.8, 4) is 0 Å². The second kappa shape index (κ2) is 5.63. The first-order valence-electron chi connectivity index (χ1n) is 5.06. The van der Waals surface area contributed by atoms with Gasteiger partial charge in [-0.15, -0.1) is 11.8 Å². The molecule has 6 nitrogen and oxygen atoms in total. The molecule has 0 aliphatic carbocycles. The summed E-state index contributed by atoms with van der Waals surface area (Å²) < 4.78 is 5.37. The summed E-state index contributed by atoms with van der Waals surface area (Å²) in [6.45, 7) is 1.48. The predicted molar refractivity (Wildman–Crippen MR) is 59.9 cm³/mol. The summed E-state index contributed by atoms with van der Waals surface area (Å²) in [5.41, 5.74) is 5.01. The van der Waals surface area contributed by atoms with Crippen LogP contribution in [-0.2, 0) is 4.74 Å². The van der Waals surface area contributed by atoms with Crippen molar-refractivity contribution in [1.82, 2.24) is 0 Å². The van der Waals surface area contributed by atoms with Gasteiger partial charge in [0.25, 0.3) is 0 Å². The molecule has 7 atom stereocenters. The van der Waals surface area contributed by atoms with Gasteiger partial charge in [0.1, 0.15) is 29.9 Å². The largest absolute Gasteiger partial charge is 0.392 e. The summed E-state index contributed by atoms with van der Waals surface area (Å²) in [6, 6.07) is -0.813. The van der Waals surface area contributed by atoms with Crippen LogP contribution in [0.25, 0.3) is 0 Å². The predicted octanol–water partition coefficient (Wildman–Crippen LogP) is -2.13. The number of nitrogens with two attached hydrogens (primary N) is 1. The Hall–Kier alpha value is 0.110. The van der Waals surface area contributed by atoms with Crippen molar-refractivity contribution in [3.05, 3.63) is 0 Å². The molecular weight excluding hydrogens is 234 g/mol. The van der Waals surface area contributed by atoms with E-state index in [1.54, 1.807) is 6.26 Å². The number of ether oxygens (including phenoxy) is 1. The molecule has 0 aromatic heterocycles. The zero-order chi connectivity index (χ0) is 12.5. The molecule has 0 unspecified atom stereocenters. The molecule has 0 aromatic carbocycles. The highest BCUT2D eigenvalue weighted by Gasteiger charge is 2.46. The average Bonchev–Trinajstić information content (AvgIpc) is 2.25. The number of aliphatic hydroxyl groups excluding tert-OH is 4. The summed E-state index contributed by atoms with van der Waals surface area (Å²) in [6.07, 6.45) is -3.84. The van der Waals surface area contributed by atoms with E-state index in [0.717, 1.165) is 0 Å². The minimum Gasteiger partial charge on any atom is -0.392 e. The second-order valence-corrected chi connectivity index (χ2v) is 4.93. The lowest BCUT2D eigenvalue weighted by molar-refractivity contribution is -0.207. The van der Waals surface area contributed by atoms with Crippen molar-refractivity contribution in [2.75, 3.05) is 6.26 Å². The van der Waals surface area contributed by atoms with Crippen LogP contribution in [-0.4, -0.2) is 68.7 Å². The molecule has 0 spiro atoms. The van der Waals surface area contributed by atoms with Crippen LogP contribution in [0, 0.1) is 0 Å². The molecule has 0 amide bonds. The van der Waals surface area contributed by atoms with Crippen LogP contribution in [0.3, 0.4) is 0 Å². The van der Waals surface area contributed by atoms with Crippen molar-refractivity contribution >= 4 is 11.8 Å². The van der Waals surface area contributed by atoms with Crippen LogP contribution in [0.1, 0.15) is 6.92 Å². The van der Waals surface area contributed by atoms with Gasteiger partial charge in [0, 0.05) is 0 Å². The molecule has 7 heteroatoms. The molecule has 0 bridgehead atoms. The van der Waals surface area contributed by atoms with Gasteiger partial charge in [-0.1, -0.05) is 0 Å². The molecule has 16 heavy (non-hydrogen) atoms. The molecule has 0 aromatic rings. The zero-order valence-electron chi connectivity index (χ0n) is 9.22. The quantitative estimate of drug-likeness (QED) is 0.390. The highest BCUT2D eigenvalue weighted by Crippen LogP contribution is 2.28. The van der Waals surface area contributed by atoms with Crippen molar-refractivity contribution in [2.24, 2.45) is 5.73 Å². The third-order valence-electron chi connectivity index (χ3n) is 2.78. The van der Waals surface area contributed by atoms with Crippen molar-refractivity contribution in [2.45, 2.75) is 48.9 Å². The van der Waals surface area contributed by atoms with Gasteiger partial charge in [0.2, 0.25) is 0 Å². The molecule has 0 saturated carbocycles. The summed E-state index contributed by atoms with van der Waals surface area (Å²) in [5, 5.41) is 38.2. The first-order chi connectivity index (χ1) is 7.40. The third kappa shape index (κ3) is 2.67. The van der Waals surface area contributed by atoms with Crippen molar-refractivity contribution in [3.63, 3.8) is 0 Å². The average molecular weight is 253 g/mol. The summed E-state index contributed by atoms with van der Waals surface area (Å²) >= 11 is 1.21. The van der Waals surface area contributed by atoms with Gasteiger partial charge in [-0.2, -0.15) is 0 Å². The lowest BCUT2D eigenvalue weighted by Gasteiger charge is -2.42. The van der Waals surface area contributed by atoms with Gasteiger partial charge in [0.15, 0.2) is 0 Å². The van der Waals surface area contributed by atoms with E-state index in [4.69, 9.17) is 10.5 Å². The van der Waals surface area contributed by atoms with E-state index in [2.05, 4.69) is 0 Å². The van der Waals surface area contributed by atoms with Crippen LogP contribution >= 0.6 is 11.8 Å². The van der Waals surface area contributed by atoms with E-state index >= 15 is 0 Å². The smallest absolute Gasteiger partial charge is 0.132 e. The molecule has 1 aliphatic rings. The van der Waals surface area contributed by atoms with Crippen LogP contribution in [0.15, 0.2) is 0 Å². The van der Waals surface area contributed by atoms with Gasteiger partial charge >= 0.3 is 0 Å². The van der Waals surface area contributed by atoms with E-state index in [-0.39, 0.29) is 0 Å². The lowest BCUT2D eigenvalue weighted by atomic mass is 9.93. The Bertz CT molecular complexity index is 228. The fourth-order valence-electron chi connectivity index (χ4n) is 1.66. The fourth-order valence-corrected chi connectivity index (χ4v) is 2.34. The maximum absolute atomic E-state index is 9.71. The van der Waals surface area contributed by atoms with Gasteiger partial charge in [-0.3, -0.25) is 0 Å². The first-order valence-corrected chi connectivity index (χ1v) is 6.35. The Balaban J connectivity index is 2.78. The Morgan fingerprint density at radius 3 is 2.19 bits per heavy atom. The summed E-state index contributed by atoms with van der Waals surface area (Å²) in [4.78, 5) is 0.